The Morgan fingerprint density at radius 3 is 2.89 bits per heavy atom. The minimum Gasteiger partial charge on any atom is -0.493 e. The van der Waals surface area contributed by atoms with Crippen LogP contribution in [0.15, 0.2) is 23.2 Å². The van der Waals surface area contributed by atoms with E-state index in [4.69, 9.17) is 17.5 Å². The van der Waals surface area contributed by atoms with E-state index in [1.807, 2.05) is 0 Å². The summed E-state index contributed by atoms with van der Waals surface area (Å²) in [4.78, 5) is 9.69. The van der Waals surface area contributed by atoms with Gasteiger partial charge in [0.25, 0.3) is 0 Å². The maximum atomic E-state index is 9.65. The van der Waals surface area contributed by atoms with E-state index >= 15 is 0 Å². The highest BCUT2D eigenvalue weighted by Gasteiger charge is 2.14. The van der Waals surface area contributed by atoms with Crippen molar-refractivity contribution in [3.8, 4) is 11.9 Å². The second kappa shape index (κ2) is 4.23. The molecule has 0 radical (unpaired) electrons. The molecule has 19 heavy (non-hydrogen) atoms. The minimum absolute atomic E-state index is 0.0178. The number of imidazole rings is 1. The van der Waals surface area contributed by atoms with Crippen LogP contribution in [-0.4, -0.2) is 21.3 Å². The van der Waals surface area contributed by atoms with Crippen LogP contribution in [0.1, 0.15) is 16.8 Å². The van der Waals surface area contributed by atoms with Gasteiger partial charge in [0.1, 0.15) is 5.69 Å². The Morgan fingerprint density at radius 1 is 1.37 bits per heavy atom. The molecular weight excluding hydrogens is 260 g/mol. The summed E-state index contributed by atoms with van der Waals surface area (Å²) in [6.07, 6.45) is 3.42. The number of aromatic nitrogens is 2. The van der Waals surface area contributed by atoms with Crippen molar-refractivity contribution in [3.63, 3.8) is 0 Å². The maximum Gasteiger partial charge on any atom is 0.215 e. The van der Waals surface area contributed by atoms with E-state index in [9.17, 15) is 5.11 Å². The van der Waals surface area contributed by atoms with Crippen LogP contribution < -0.4 is 0 Å². The van der Waals surface area contributed by atoms with E-state index in [-0.39, 0.29) is 5.88 Å². The Balaban J connectivity index is 2.12. The van der Waals surface area contributed by atoms with E-state index < -0.39 is 0 Å². The second-order valence-corrected chi connectivity index (χ2v) is 4.45. The van der Waals surface area contributed by atoms with Crippen molar-refractivity contribution >= 4 is 35.8 Å². The molecule has 0 saturated carbocycles. The molecule has 3 N–H and O–H groups in total. The van der Waals surface area contributed by atoms with Gasteiger partial charge in [-0.15, -0.1) is 0 Å². The van der Waals surface area contributed by atoms with Crippen LogP contribution in [0.2, 0.25) is 0 Å². The molecule has 0 fully saturated rings. The molecule has 1 aromatic heterocycles. The average molecular weight is 268 g/mol. The van der Waals surface area contributed by atoms with Crippen molar-refractivity contribution in [2.75, 3.05) is 0 Å². The van der Waals surface area contributed by atoms with Crippen LogP contribution in [0, 0.1) is 16.1 Å². The van der Waals surface area contributed by atoms with Crippen LogP contribution in [0.25, 0.3) is 11.6 Å². The number of rotatable bonds is 1. The first-order valence-electron chi connectivity index (χ1n) is 5.49. The van der Waals surface area contributed by atoms with Crippen LogP contribution in [0.3, 0.4) is 0 Å². The molecule has 6 heteroatoms. The number of allylic oxidation sites excluding steroid dienone is 1. The number of nitriles is 1. The molecule has 0 atom stereocenters. The molecule has 1 aromatic carbocycles. The summed E-state index contributed by atoms with van der Waals surface area (Å²) in [6, 6.07) is 7.38. The molecule has 2 heterocycles. The molecule has 1 aliphatic rings. The zero-order chi connectivity index (χ0) is 13.4. The molecule has 0 unspecified atom stereocenters. The highest BCUT2D eigenvalue weighted by atomic mass is 32.1. The molecule has 92 valence electrons. The standard InChI is InChI=1S/C13H8N4OS/c14-5-7-1-2-10-9(3-7)8(6-15-10)4-11-12(18)17-13(19)16-11/h1-4,6,18H,(H2,16,17,19)/b8-4-. The number of aromatic amines is 2. The van der Waals surface area contributed by atoms with Gasteiger partial charge in [-0.1, -0.05) is 0 Å². The summed E-state index contributed by atoms with van der Waals surface area (Å²) in [5.74, 6) is -0.0178. The van der Waals surface area contributed by atoms with Gasteiger partial charge in [0.05, 0.1) is 17.3 Å². The highest BCUT2D eigenvalue weighted by Crippen LogP contribution is 2.33. The smallest absolute Gasteiger partial charge is 0.215 e. The van der Waals surface area contributed by atoms with Crippen LogP contribution >= 0.6 is 12.2 Å². The minimum atomic E-state index is -0.0178. The molecule has 3 rings (SSSR count). The molecule has 0 bridgehead atoms. The Kier molecular flexibility index (Phi) is 2.54. The number of aromatic hydroxyl groups is 1. The fourth-order valence-electron chi connectivity index (χ4n) is 1.92. The van der Waals surface area contributed by atoms with Crippen molar-refractivity contribution in [2.45, 2.75) is 0 Å². The van der Waals surface area contributed by atoms with Crippen LogP contribution in [-0.2, 0) is 0 Å². The Labute approximate surface area is 113 Å². The number of benzene rings is 1. The van der Waals surface area contributed by atoms with E-state index in [0.717, 1.165) is 16.8 Å². The lowest BCUT2D eigenvalue weighted by molar-refractivity contribution is 0.455. The summed E-state index contributed by atoms with van der Waals surface area (Å²) >= 11 is 4.90. The maximum absolute atomic E-state index is 9.65. The largest absolute Gasteiger partial charge is 0.493 e. The van der Waals surface area contributed by atoms with Gasteiger partial charge in [-0.05, 0) is 36.5 Å². The Morgan fingerprint density at radius 2 is 2.21 bits per heavy atom. The summed E-state index contributed by atoms with van der Waals surface area (Å²) in [6.45, 7) is 0. The lowest BCUT2D eigenvalue weighted by atomic mass is 10.0. The normalized spacial score (nSPS) is 14.6. The second-order valence-electron chi connectivity index (χ2n) is 4.04. The molecule has 5 nitrogen and oxygen atoms in total. The third-order valence-electron chi connectivity index (χ3n) is 2.81. The first-order chi connectivity index (χ1) is 9.17. The predicted octanol–water partition coefficient (Wildman–Crippen LogP) is 2.91. The summed E-state index contributed by atoms with van der Waals surface area (Å²) < 4.78 is 0.352. The first-order valence-corrected chi connectivity index (χ1v) is 5.90. The topological polar surface area (TPSA) is 88.0 Å². The van der Waals surface area contributed by atoms with Gasteiger partial charge < -0.3 is 15.1 Å². The highest BCUT2D eigenvalue weighted by molar-refractivity contribution is 7.71. The third-order valence-corrected chi connectivity index (χ3v) is 3.02. The van der Waals surface area contributed by atoms with Gasteiger partial charge in [0.15, 0.2) is 4.77 Å². The third kappa shape index (κ3) is 1.96. The van der Waals surface area contributed by atoms with Crippen molar-refractivity contribution < 1.29 is 5.11 Å². The van der Waals surface area contributed by atoms with Gasteiger partial charge in [0.2, 0.25) is 5.88 Å². The van der Waals surface area contributed by atoms with E-state index in [0.29, 0.717) is 16.0 Å². The lowest BCUT2D eigenvalue weighted by Crippen LogP contribution is -1.83. The number of hydrogen-bond donors (Lipinski definition) is 3. The van der Waals surface area contributed by atoms with Gasteiger partial charge in [0, 0.05) is 17.4 Å². The number of hydrogen-bond acceptors (Lipinski definition) is 4. The van der Waals surface area contributed by atoms with E-state index in [1.54, 1.807) is 30.5 Å². The van der Waals surface area contributed by atoms with Crippen LogP contribution in [0.4, 0.5) is 5.69 Å². The fourth-order valence-corrected chi connectivity index (χ4v) is 2.13. The van der Waals surface area contributed by atoms with Gasteiger partial charge >= 0.3 is 0 Å². The number of nitrogens with one attached hydrogen (secondary N) is 2. The van der Waals surface area contributed by atoms with Crippen molar-refractivity contribution in [1.82, 2.24) is 9.97 Å². The van der Waals surface area contributed by atoms with Crippen molar-refractivity contribution in [2.24, 2.45) is 4.99 Å². The molecule has 1 aliphatic heterocycles. The van der Waals surface area contributed by atoms with E-state index in [2.05, 4.69) is 21.0 Å². The number of H-pyrrole nitrogens is 2. The summed E-state index contributed by atoms with van der Waals surface area (Å²) in [5.41, 5.74) is 3.54. The number of aliphatic imine (C=N–C) groups is 1. The average Bonchev–Trinajstić information content (AvgIpc) is 2.93. The molecule has 0 amide bonds. The number of fused-ring (bicyclic) bond motifs is 1. The SMILES string of the molecule is N#Cc1ccc2c(c1)/C(=C\c1[nH]c(=S)[nH]c1O)C=N2. The fraction of sp³-hybridized carbons (Fsp3) is 0. The predicted molar refractivity (Wildman–Crippen MR) is 74.8 cm³/mol. The van der Waals surface area contributed by atoms with Gasteiger partial charge in [-0.2, -0.15) is 5.26 Å². The summed E-state index contributed by atoms with van der Waals surface area (Å²) in [5, 5.41) is 18.6. The van der Waals surface area contributed by atoms with Gasteiger partial charge in [-0.25, -0.2) is 0 Å². The zero-order valence-electron chi connectivity index (χ0n) is 9.64. The molecule has 0 aliphatic carbocycles. The quantitative estimate of drug-likeness (QED) is 0.695. The zero-order valence-corrected chi connectivity index (χ0v) is 10.5. The van der Waals surface area contributed by atoms with Crippen molar-refractivity contribution in [3.05, 3.63) is 39.8 Å². The Bertz CT molecular complexity index is 820. The molecule has 0 spiro atoms. The van der Waals surface area contributed by atoms with Gasteiger partial charge in [-0.3, -0.25) is 4.99 Å². The number of nitrogens with zero attached hydrogens (tertiary/aromatic N) is 2. The van der Waals surface area contributed by atoms with E-state index in [1.165, 1.54) is 0 Å². The van der Waals surface area contributed by atoms with Crippen LogP contribution in [0.5, 0.6) is 5.88 Å². The Hall–Kier alpha value is -2.65. The first kappa shape index (κ1) is 11.4. The molecule has 0 saturated heterocycles. The molecular formula is C13H8N4OS. The summed E-state index contributed by atoms with van der Waals surface area (Å²) in [7, 11) is 0. The lowest BCUT2D eigenvalue weighted by Gasteiger charge is -1.99. The monoisotopic (exact) mass is 268 g/mol. The van der Waals surface area contributed by atoms with Crippen molar-refractivity contribution in [1.29, 1.82) is 5.26 Å². The molecule has 2 aromatic rings.